The molecule has 1 aromatic heterocycles. The Morgan fingerprint density at radius 2 is 1.91 bits per heavy atom. The number of piperazine rings is 1. The summed E-state index contributed by atoms with van der Waals surface area (Å²) < 4.78 is 5.61. The molecule has 3 rings (SSSR count). The van der Waals surface area contributed by atoms with Gasteiger partial charge in [-0.1, -0.05) is 0 Å². The lowest BCUT2D eigenvalue weighted by Gasteiger charge is -2.50. The van der Waals surface area contributed by atoms with Crippen LogP contribution in [-0.4, -0.2) is 46.8 Å². The zero-order valence-electron chi connectivity index (χ0n) is 14.2. The second kappa shape index (κ2) is 5.91. The second-order valence-corrected chi connectivity index (χ2v) is 7.47. The van der Waals surface area contributed by atoms with E-state index in [1.165, 1.54) is 6.42 Å². The number of nitrogen functional groups attached to an aromatic ring is 1. The Hall–Kier alpha value is -1.98. The fraction of sp³-hybridized carbons (Fsp3) is 0.647. The molecule has 23 heavy (non-hydrogen) atoms. The maximum atomic E-state index is 12.6. The molecule has 0 spiro atoms. The fourth-order valence-electron chi connectivity index (χ4n) is 3.52. The Bertz CT molecular complexity index is 553. The van der Waals surface area contributed by atoms with Gasteiger partial charge < -0.3 is 15.4 Å². The molecule has 6 nitrogen and oxygen atoms in total. The Balaban J connectivity index is 1.75. The smallest absolute Gasteiger partial charge is 0.410 e. The minimum Gasteiger partial charge on any atom is -0.444 e. The Kier molecular flexibility index (Phi) is 4.08. The molecular weight excluding hydrogens is 292 g/mol. The first kappa shape index (κ1) is 15.9. The summed E-state index contributed by atoms with van der Waals surface area (Å²) in [6.45, 7) is 7.38. The van der Waals surface area contributed by atoms with E-state index in [0.29, 0.717) is 5.82 Å². The number of amides is 1. The van der Waals surface area contributed by atoms with E-state index < -0.39 is 5.60 Å². The van der Waals surface area contributed by atoms with Gasteiger partial charge in [0.25, 0.3) is 0 Å². The van der Waals surface area contributed by atoms with Crippen molar-refractivity contribution in [2.45, 2.75) is 57.7 Å². The van der Waals surface area contributed by atoms with Crippen LogP contribution in [0, 0.1) is 0 Å². The van der Waals surface area contributed by atoms with Crippen molar-refractivity contribution in [3.63, 3.8) is 0 Å². The first-order valence-electron chi connectivity index (χ1n) is 8.31. The van der Waals surface area contributed by atoms with Gasteiger partial charge in [0.15, 0.2) is 0 Å². The van der Waals surface area contributed by atoms with E-state index in [2.05, 4.69) is 9.88 Å². The summed E-state index contributed by atoms with van der Waals surface area (Å²) in [5.41, 5.74) is 6.28. The van der Waals surface area contributed by atoms with Crippen molar-refractivity contribution in [3.8, 4) is 0 Å². The molecule has 1 amide bonds. The first-order valence-corrected chi connectivity index (χ1v) is 8.31. The molecule has 0 radical (unpaired) electrons. The number of carbonyl (C=O) groups is 1. The van der Waals surface area contributed by atoms with Crippen LogP contribution in [0.2, 0.25) is 0 Å². The monoisotopic (exact) mass is 318 g/mol. The van der Waals surface area contributed by atoms with Crippen LogP contribution in [0.1, 0.15) is 40.0 Å². The number of hydrogen-bond donors (Lipinski definition) is 1. The van der Waals surface area contributed by atoms with Crippen LogP contribution < -0.4 is 10.6 Å². The van der Waals surface area contributed by atoms with Gasteiger partial charge in [-0.3, -0.25) is 4.90 Å². The second-order valence-electron chi connectivity index (χ2n) is 7.47. The minimum atomic E-state index is -0.455. The number of anilines is 2. The van der Waals surface area contributed by atoms with Crippen molar-refractivity contribution in [1.82, 2.24) is 9.88 Å². The van der Waals surface area contributed by atoms with Crippen molar-refractivity contribution < 1.29 is 9.53 Å². The number of hydrogen-bond acceptors (Lipinski definition) is 5. The zero-order chi connectivity index (χ0) is 16.6. The molecule has 2 aliphatic heterocycles. The van der Waals surface area contributed by atoms with E-state index in [1.54, 1.807) is 0 Å². The van der Waals surface area contributed by atoms with Crippen LogP contribution in [-0.2, 0) is 4.74 Å². The summed E-state index contributed by atoms with van der Waals surface area (Å²) in [5.74, 6) is 0.529. The quantitative estimate of drug-likeness (QED) is 0.862. The molecule has 2 saturated heterocycles. The van der Waals surface area contributed by atoms with Crippen molar-refractivity contribution in [2.24, 2.45) is 0 Å². The van der Waals surface area contributed by atoms with Gasteiger partial charge in [-0.05, 0) is 52.2 Å². The van der Waals surface area contributed by atoms with Gasteiger partial charge in [-0.2, -0.15) is 0 Å². The van der Waals surface area contributed by atoms with Gasteiger partial charge in [0, 0.05) is 13.1 Å². The minimum absolute atomic E-state index is 0.178. The summed E-state index contributed by atoms with van der Waals surface area (Å²) in [4.78, 5) is 21.0. The first-order chi connectivity index (χ1) is 10.8. The number of fused-ring (bicyclic) bond motifs is 2. The lowest BCUT2D eigenvalue weighted by Crippen LogP contribution is -2.63. The van der Waals surface area contributed by atoms with Crippen LogP contribution in [0.5, 0.6) is 0 Å². The van der Waals surface area contributed by atoms with E-state index in [9.17, 15) is 4.79 Å². The van der Waals surface area contributed by atoms with E-state index >= 15 is 0 Å². The number of nitrogens with two attached hydrogens (primary N) is 1. The largest absolute Gasteiger partial charge is 0.444 e. The van der Waals surface area contributed by atoms with Crippen LogP contribution in [0.25, 0.3) is 0 Å². The van der Waals surface area contributed by atoms with Gasteiger partial charge in [0.1, 0.15) is 11.4 Å². The summed E-state index contributed by atoms with van der Waals surface area (Å²) >= 11 is 0. The van der Waals surface area contributed by atoms with E-state index in [4.69, 9.17) is 10.5 Å². The summed E-state index contributed by atoms with van der Waals surface area (Å²) in [6.07, 6.45) is 4.85. The number of piperidine rings is 1. The predicted molar refractivity (Wildman–Crippen MR) is 90.4 cm³/mol. The van der Waals surface area contributed by atoms with Gasteiger partial charge in [-0.15, -0.1) is 0 Å². The van der Waals surface area contributed by atoms with Crippen molar-refractivity contribution in [2.75, 3.05) is 23.7 Å². The normalized spacial score (nSPS) is 24.5. The molecule has 2 N–H and O–H groups in total. The topological polar surface area (TPSA) is 71.7 Å². The fourth-order valence-corrected chi connectivity index (χ4v) is 3.52. The maximum absolute atomic E-state index is 12.6. The highest BCUT2D eigenvalue weighted by atomic mass is 16.6. The molecule has 3 heterocycles. The predicted octanol–water partition coefficient (Wildman–Crippen LogP) is 2.64. The van der Waals surface area contributed by atoms with Crippen LogP contribution in [0.4, 0.5) is 16.3 Å². The molecule has 126 valence electrons. The molecule has 0 aliphatic carbocycles. The van der Waals surface area contributed by atoms with Gasteiger partial charge in [-0.25, -0.2) is 9.78 Å². The Labute approximate surface area is 137 Å². The van der Waals surface area contributed by atoms with Gasteiger partial charge in [0.2, 0.25) is 0 Å². The Morgan fingerprint density at radius 3 is 2.43 bits per heavy atom. The third kappa shape index (κ3) is 3.51. The average Bonchev–Trinajstić information content (AvgIpc) is 2.44. The highest BCUT2D eigenvalue weighted by molar-refractivity contribution is 5.70. The molecule has 2 atom stereocenters. The van der Waals surface area contributed by atoms with Gasteiger partial charge >= 0.3 is 6.09 Å². The summed E-state index contributed by atoms with van der Waals surface area (Å²) in [7, 11) is 0. The van der Waals surface area contributed by atoms with Crippen LogP contribution >= 0.6 is 0 Å². The Morgan fingerprint density at radius 1 is 1.26 bits per heavy atom. The number of aromatic nitrogens is 1. The zero-order valence-corrected chi connectivity index (χ0v) is 14.2. The van der Waals surface area contributed by atoms with E-state index in [1.807, 2.05) is 44.0 Å². The number of ether oxygens (including phenoxy) is 1. The molecule has 6 heteroatoms. The highest BCUT2D eigenvalue weighted by Crippen LogP contribution is 2.32. The SMILES string of the molecule is CC(C)(C)OC(=O)N1C2CCCC1CN(c1ccc(N)nc1)C2. The lowest BCUT2D eigenvalue weighted by molar-refractivity contribution is -0.00969. The molecule has 2 bridgehead atoms. The van der Waals surface area contributed by atoms with Crippen molar-refractivity contribution >= 4 is 17.6 Å². The standard InChI is InChI=1S/C17H26N4O2/c1-17(2,3)23-16(22)21-13-5-4-6-14(21)11-20(10-13)12-7-8-15(18)19-9-12/h7-9,13-14H,4-6,10-11H2,1-3H3,(H2,18,19). The molecule has 0 aromatic carbocycles. The number of rotatable bonds is 1. The average molecular weight is 318 g/mol. The highest BCUT2D eigenvalue weighted by Gasteiger charge is 2.42. The molecular formula is C17H26N4O2. The van der Waals surface area contributed by atoms with Crippen molar-refractivity contribution in [1.29, 1.82) is 0 Å². The summed E-state index contributed by atoms with van der Waals surface area (Å²) in [6, 6.07) is 4.23. The molecule has 2 aliphatic rings. The van der Waals surface area contributed by atoms with Crippen LogP contribution in [0.15, 0.2) is 18.3 Å². The molecule has 2 unspecified atom stereocenters. The number of pyridine rings is 1. The van der Waals surface area contributed by atoms with Crippen LogP contribution in [0.3, 0.4) is 0 Å². The lowest BCUT2D eigenvalue weighted by atomic mass is 9.91. The number of carbonyl (C=O) groups excluding carboxylic acids is 1. The maximum Gasteiger partial charge on any atom is 0.410 e. The van der Waals surface area contributed by atoms with E-state index in [-0.39, 0.29) is 18.2 Å². The number of nitrogens with zero attached hydrogens (tertiary/aromatic N) is 3. The molecule has 1 aromatic rings. The summed E-state index contributed by atoms with van der Waals surface area (Å²) in [5, 5.41) is 0. The third-order valence-electron chi connectivity index (χ3n) is 4.46. The van der Waals surface area contributed by atoms with E-state index in [0.717, 1.165) is 31.6 Å². The van der Waals surface area contributed by atoms with Crippen molar-refractivity contribution in [3.05, 3.63) is 18.3 Å². The van der Waals surface area contributed by atoms with Gasteiger partial charge in [0.05, 0.1) is 24.0 Å². The molecule has 2 fully saturated rings. The third-order valence-corrected chi connectivity index (χ3v) is 4.46. The molecule has 0 saturated carbocycles.